The highest BCUT2D eigenvalue weighted by atomic mass is 16.5. The Bertz CT molecular complexity index is 474. The van der Waals surface area contributed by atoms with E-state index in [9.17, 15) is 4.79 Å². The van der Waals surface area contributed by atoms with Crippen molar-refractivity contribution < 1.29 is 9.53 Å². The van der Waals surface area contributed by atoms with Crippen molar-refractivity contribution in [1.29, 1.82) is 0 Å². The summed E-state index contributed by atoms with van der Waals surface area (Å²) in [6.45, 7) is 1.53. The van der Waals surface area contributed by atoms with Crippen molar-refractivity contribution in [2.45, 2.75) is 63.6 Å². The third-order valence-electron chi connectivity index (χ3n) is 4.62. The van der Waals surface area contributed by atoms with Gasteiger partial charge in [-0.15, -0.1) is 0 Å². The normalized spacial score (nSPS) is 22.5. The van der Waals surface area contributed by atoms with E-state index in [1.54, 1.807) is 0 Å². The van der Waals surface area contributed by atoms with Crippen LogP contribution in [0.2, 0.25) is 0 Å². The van der Waals surface area contributed by atoms with Gasteiger partial charge in [-0.2, -0.15) is 0 Å². The van der Waals surface area contributed by atoms with Gasteiger partial charge in [0.1, 0.15) is 5.75 Å². The summed E-state index contributed by atoms with van der Waals surface area (Å²) >= 11 is 0. The summed E-state index contributed by atoms with van der Waals surface area (Å²) in [6.07, 6.45) is 8.67. The minimum atomic E-state index is -0.00564. The molecule has 2 N–H and O–H groups in total. The molecule has 4 nitrogen and oxygen atoms in total. The Labute approximate surface area is 132 Å². The number of carbonyl (C=O) groups excluding carboxylic acids is 1. The van der Waals surface area contributed by atoms with Gasteiger partial charge in [-0.25, -0.2) is 0 Å². The van der Waals surface area contributed by atoms with Crippen LogP contribution < -0.4 is 15.4 Å². The fraction of sp³-hybridized carbons (Fsp3) is 0.611. The molecule has 0 bridgehead atoms. The lowest BCUT2D eigenvalue weighted by atomic mass is 9.98. The summed E-state index contributed by atoms with van der Waals surface area (Å²) in [7, 11) is 0. The Morgan fingerprint density at radius 3 is 2.55 bits per heavy atom. The van der Waals surface area contributed by atoms with Crippen molar-refractivity contribution in [3.05, 3.63) is 29.8 Å². The van der Waals surface area contributed by atoms with Crippen molar-refractivity contribution in [2.75, 3.05) is 6.54 Å². The summed E-state index contributed by atoms with van der Waals surface area (Å²) in [5, 5.41) is 6.21. The number of hydrogen-bond donors (Lipinski definition) is 2. The van der Waals surface area contributed by atoms with Crippen LogP contribution in [0.4, 0.5) is 0 Å². The van der Waals surface area contributed by atoms with Crippen LogP contribution in [0.15, 0.2) is 24.3 Å². The zero-order chi connectivity index (χ0) is 15.2. The molecule has 1 unspecified atom stereocenters. The van der Waals surface area contributed by atoms with E-state index < -0.39 is 0 Å². The van der Waals surface area contributed by atoms with Crippen molar-refractivity contribution >= 4 is 5.91 Å². The number of nitrogens with one attached hydrogen (secondary N) is 2. The number of amides is 1. The molecule has 1 saturated heterocycles. The molecule has 1 aromatic rings. The van der Waals surface area contributed by atoms with Gasteiger partial charge in [0, 0.05) is 6.54 Å². The second-order valence-electron chi connectivity index (χ2n) is 6.39. The zero-order valence-corrected chi connectivity index (χ0v) is 13.1. The largest absolute Gasteiger partial charge is 0.490 e. The number of hydrogen-bond acceptors (Lipinski definition) is 3. The van der Waals surface area contributed by atoms with Crippen LogP contribution in [-0.4, -0.2) is 24.6 Å². The fourth-order valence-electron chi connectivity index (χ4n) is 3.28. The maximum Gasteiger partial charge on any atom is 0.237 e. The van der Waals surface area contributed by atoms with Gasteiger partial charge in [-0.05, 0) is 62.8 Å². The molecule has 22 heavy (non-hydrogen) atoms. The molecule has 0 aromatic heterocycles. The second kappa shape index (κ2) is 7.63. The molecule has 1 aromatic carbocycles. The molecular formula is C18H26N2O2. The minimum absolute atomic E-state index is 0.00564. The first-order chi connectivity index (χ1) is 10.8. The number of carbonyl (C=O) groups is 1. The predicted molar refractivity (Wildman–Crippen MR) is 86.8 cm³/mol. The molecular weight excluding hydrogens is 276 g/mol. The predicted octanol–water partition coefficient (Wildman–Crippen LogP) is 2.77. The average Bonchev–Trinajstić information content (AvgIpc) is 3.09. The molecule has 1 atom stereocenters. The lowest BCUT2D eigenvalue weighted by molar-refractivity contribution is -0.122. The standard InChI is InChI=1S/C18H26N2O2/c21-18(17-7-4-12-19-17)20-13-14-8-10-16(11-9-14)22-15-5-2-1-3-6-15/h8-11,15,17,19H,1-7,12-13H2,(H,20,21). The molecule has 1 amide bonds. The van der Waals surface area contributed by atoms with Crippen LogP contribution in [0.1, 0.15) is 50.5 Å². The smallest absolute Gasteiger partial charge is 0.237 e. The highest BCUT2D eigenvalue weighted by Crippen LogP contribution is 2.23. The van der Waals surface area contributed by atoms with Crippen LogP contribution in [0, 0.1) is 0 Å². The van der Waals surface area contributed by atoms with Crippen molar-refractivity contribution in [3.63, 3.8) is 0 Å². The second-order valence-corrected chi connectivity index (χ2v) is 6.39. The van der Waals surface area contributed by atoms with E-state index in [0.717, 1.165) is 30.7 Å². The van der Waals surface area contributed by atoms with Crippen LogP contribution in [0.5, 0.6) is 5.75 Å². The maximum absolute atomic E-state index is 11.9. The van der Waals surface area contributed by atoms with Crippen molar-refractivity contribution in [3.8, 4) is 5.75 Å². The third kappa shape index (κ3) is 4.23. The van der Waals surface area contributed by atoms with E-state index in [-0.39, 0.29) is 11.9 Å². The molecule has 4 heteroatoms. The third-order valence-corrected chi connectivity index (χ3v) is 4.62. The first kappa shape index (κ1) is 15.3. The van der Waals surface area contributed by atoms with Gasteiger partial charge in [-0.1, -0.05) is 18.6 Å². The van der Waals surface area contributed by atoms with Gasteiger partial charge in [0.15, 0.2) is 0 Å². The Kier molecular flexibility index (Phi) is 5.33. The van der Waals surface area contributed by atoms with Gasteiger partial charge in [0.05, 0.1) is 12.1 Å². The topological polar surface area (TPSA) is 50.4 Å². The number of rotatable bonds is 5. The quantitative estimate of drug-likeness (QED) is 0.879. The Morgan fingerprint density at radius 1 is 1.09 bits per heavy atom. The first-order valence-corrected chi connectivity index (χ1v) is 8.58. The Hall–Kier alpha value is -1.55. The van der Waals surface area contributed by atoms with Gasteiger partial charge < -0.3 is 15.4 Å². The summed E-state index contributed by atoms with van der Waals surface area (Å²) in [5.74, 6) is 1.06. The van der Waals surface area contributed by atoms with E-state index in [2.05, 4.69) is 10.6 Å². The van der Waals surface area contributed by atoms with Crippen LogP contribution in [-0.2, 0) is 11.3 Å². The molecule has 0 radical (unpaired) electrons. The van der Waals surface area contributed by atoms with E-state index >= 15 is 0 Å². The van der Waals surface area contributed by atoms with Gasteiger partial charge in [0.25, 0.3) is 0 Å². The maximum atomic E-state index is 11.9. The molecule has 3 rings (SSSR count). The van der Waals surface area contributed by atoms with Gasteiger partial charge >= 0.3 is 0 Å². The molecule has 1 saturated carbocycles. The van der Waals surface area contributed by atoms with Crippen molar-refractivity contribution in [2.24, 2.45) is 0 Å². The SMILES string of the molecule is O=C(NCc1ccc(OC2CCCCC2)cc1)C1CCCN1. The van der Waals surface area contributed by atoms with Crippen LogP contribution >= 0.6 is 0 Å². The molecule has 1 heterocycles. The lowest BCUT2D eigenvalue weighted by Crippen LogP contribution is -2.39. The van der Waals surface area contributed by atoms with Crippen molar-refractivity contribution in [1.82, 2.24) is 10.6 Å². The van der Waals surface area contributed by atoms with E-state index in [1.165, 1.54) is 32.1 Å². The summed E-state index contributed by atoms with van der Waals surface area (Å²) < 4.78 is 6.02. The molecule has 2 aliphatic rings. The van der Waals surface area contributed by atoms with E-state index in [4.69, 9.17) is 4.74 Å². The molecule has 2 fully saturated rings. The summed E-state index contributed by atoms with van der Waals surface area (Å²) in [4.78, 5) is 11.9. The Balaban J connectivity index is 1.45. The number of benzene rings is 1. The average molecular weight is 302 g/mol. The van der Waals surface area contributed by atoms with E-state index in [1.807, 2.05) is 24.3 Å². The highest BCUT2D eigenvalue weighted by Gasteiger charge is 2.21. The summed E-state index contributed by atoms with van der Waals surface area (Å²) in [6, 6.07) is 8.11. The van der Waals surface area contributed by atoms with E-state index in [0.29, 0.717) is 12.6 Å². The minimum Gasteiger partial charge on any atom is -0.490 e. The molecule has 1 aliphatic heterocycles. The van der Waals surface area contributed by atoms with Crippen LogP contribution in [0.25, 0.3) is 0 Å². The first-order valence-electron chi connectivity index (χ1n) is 8.58. The van der Waals surface area contributed by atoms with Gasteiger partial charge in [-0.3, -0.25) is 4.79 Å². The lowest BCUT2D eigenvalue weighted by Gasteiger charge is -2.23. The monoisotopic (exact) mass is 302 g/mol. The highest BCUT2D eigenvalue weighted by molar-refractivity contribution is 5.81. The molecule has 0 spiro atoms. The number of ether oxygens (including phenoxy) is 1. The fourth-order valence-corrected chi connectivity index (χ4v) is 3.28. The Morgan fingerprint density at radius 2 is 1.86 bits per heavy atom. The summed E-state index contributed by atoms with van der Waals surface area (Å²) in [5.41, 5.74) is 1.11. The molecule has 120 valence electrons. The van der Waals surface area contributed by atoms with Crippen LogP contribution in [0.3, 0.4) is 0 Å². The van der Waals surface area contributed by atoms with Gasteiger partial charge in [0.2, 0.25) is 5.91 Å². The molecule has 1 aliphatic carbocycles. The zero-order valence-electron chi connectivity index (χ0n) is 13.1.